The first-order chi connectivity index (χ1) is 8.16. The van der Waals surface area contributed by atoms with Gasteiger partial charge in [0.05, 0.1) is 6.54 Å². The van der Waals surface area contributed by atoms with Gasteiger partial charge in [0.2, 0.25) is 5.91 Å². The molecule has 2 fully saturated rings. The molecule has 98 valence electrons. The van der Waals surface area contributed by atoms with Crippen LogP contribution in [0.4, 0.5) is 0 Å². The minimum Gasteiger partial charge on any atom is -0.342 e. The number of carbonyl (C=O) groups excluding carboxylic acids is 1. The van der Waals surface area contributed by atoms with Crippen molar-refractivity contribution in [3.63, 3.8) is 0 Å². The van der Waals surface area contributed by atoms with Crippen LogP contribution in [-0.4, -0.2) is 62.0 Å². The van der Waals surface area contributed by atoms with Crippen molar-refractivity contribution in [1.82, 2.24) is 15.1 Å². The highest BCUT2D eigenvalue weighted by molar-refractivity contribution is 5.78. The van der Waals surface area contributed by atoms with Gasteiger partial charge in [-0.25, -0.2) is 0 Å². The topological polar surface area (TPSA) is 35.6 Å². The second-order valence-corrected chi connectivity index (χ2v) is 5.63. The van der Waals surface area contributed by atoms with E-state index in [1.807, 2.05) is 11.9 Å². The molecule has 2 rings (SSSR count). The smallest absolute Gasteiger partial charge is 0.236 e. The second-order valence-electron chi connectivity index (χ2n) is 5.63. The summed E-state index contributed by atoms with van der Waals surface area (Å²) in [4.78, 5) is 16.1. The van der Waals surface area contributed by atoms with Crippen molar-refractivity contribution in [3.8, 4) is 0 Å². The lowest BCUT2D eigenvalue weighted by molar-refractivity contribution is -0.131. The summed E-state index contributed by atoms with van der Waals surface area (Å²) in [6.07, 6.45) is 4.88. The Bertz CT molecular complexity index is 259. The summed E-state index contributed by atoms with van der Waals surface area (Å²) in [5.74, 6) is 1.05. The van der Waals surface area contributed by atoms with E-state index in [0.29, 0.717) is 12.6 Å². The van der Waals surface area contributed by atoms with Crippen molar-refractivity contribution in [3.05, 3.63) is 0 Å². The molecule has 4 nitrogen and oxygen atoms in total. The second kappa shape index (κ2) is 5.83. The van der Waals surface area contributed by atoms with Crippen LogP contribution in [0.3, 0.4) is 0 Å². The summed E-state index contributed by atoms with van der Waals surface area (Å²) >= 11 is 0. The highest BCUT2D eigenvalue weighted by atomic mass is 16.2. The van der Waals surface area contributed by atoms with Crippen molar-refractivity contribution in [2.24, 2.45) is 5.92 Å². The molecule has 0 aromatic heterocycles. The molecule has 4 heteroatoms. The number of rotatable bonds is 5. The summed E-state index contributed by atoms with van der Waals surface area (Å²) in [5.41, 5.74) is 0. The molecule has 17 heavy (non-hydrogen) atoms. The van der Waals surface area contributed by atoms with Crippen LogP contribution in [0.1, 0.15) is 25.7 Å². The molecule has 1 aliphatic carbocycles. The van der Waals surface area contributed by atoms with E-state index in [1.165, 1.54) is 25.7 Å². The summed E-state index contributed by atoms with van der Waals surface area (Å²) in [5, 5.41) is 3.38. The predicted molar refractivity (Wildman–Crippen MR) is 68.9 cm³/mol. The lowest BCUT2D eigenvalue weighted by Gasteiger charge is -2.28. The maximum atomic E-state index is 11.9. The minimum atomic E-state index is 0.281. The van der Waals surface area contributed by atoms with Gasteiger partial charge in [0.1, 0.15) is 0 Å². The fourth-order valence-corrected chi connectivity index (χ4v) is 2.58. The Kier molecular flexibility index (Phi) is 4.40. The Morgan fingerprint density at radius 3 is 2.41 bits per heavy atom. The Hall–Kier alpha value is -0.610. The number of hydrogen-bond acceptors (Lipinski definition) is 3. The largest absolute Gasteiger partial charge is 0.342 e. The number of hydrogen-bond donors (Lipinski definition) is 1. The van der Waals surface area contributed by atoms with E-state index in [1.54, 1.807) is 0 Å². The summed E-state index contributed by atoms with van der Waals surface area (Å²) in [7, 11) is 4.01. The van der Waals surface area contributed by atoms with Gasteiger partial charge in [-0.3, -0.25) is 9.69 Å². The Balaban J connectivity index is 1.68. The number of carbonyl (C=O) groups is 1. The first-order valence-electron chi connectivity index (χ1n) is 6.81. The van der Waals surface area contributed by atoms with Gasteiger partial charge in [0, 0.05) is 19.6 Å². The average molecular weight is 239 g/mol. The lowest BCUT2D eigenvalue weighted by atomic mass is 9.98. The van der Waals surface area contributed by atoms with Crippen LogP contribution in [0, 0.1) is 5.92 Å². The normalized spacial score (nSPS) is 21.8. The predicted octanol–water partition coefficient (Wildman–Crippen LogP) is 0.539. The van der Waals surface area contributed by atoms with E-state index >= 15 is 0 Å². The van der Waals surface area contributed by atoms with Gasteiger partial charge in [-0.15, -0.1) is 0 Å². The molecule has 0 spiro atoms. The molecule has 1 saturated carbocycles. The molecule has 0 atom stereocenters. The van der Waals surface area contributed by atoms with Crippen LogP contribution in [0.5, 0.6) is 0 Å². The fraction of sp³-hybridized carbons (Fsp3) is 0.923. The van der Waals surface area contributed by atoms with E-state index in [4.69, 9.17) is 0 Å². The third-order valence-electron chi connectivity index (χ3n) is 3.92. The first-order valence-corrected chi connectivity index (χ1v) is 6.81. The van der Waals surface area contributed by atoms with Crippen LogP contribution in [0.15, 0.2) is 0 Å². The maximum absolute atomic E-state index is 11.9. The Morgan fingerprint density at radius 1 is 1.18 bits per heavy atom. The van der Waals surface area contributed by atoms with Crippen molar-refractivity contribution < 1.29 is 4.79 Å². The van der Waals surface area contributed by atoms with Crippen molar-refractivity contribution in [2.45, 2.75) is 31.7 Å². The standard InChI is InChI=1S/C13H25N3O/c1-15(9-11-5-7-14-8-6-11)10-13(17)16(2)12-3-4-12/h11-12,14H,3-10H2,1-2H3. The number of amides is 1. The van der Waals surface area contributed by atoms with E-state index in [-0.39, 0.29) is 5.91 Å². The molecule has 0 unspecified atom stereocenters. The lowest BCUT2D eigenvalue weighted by Crippen LogP contribution is -2.41. The van der Waals surface area contributed by atoms with Gasteiger partial charge in [-0.2, -0.15) is 0 Å². The molecule has 1 aliphatic heterocycles. The third kappa shape index (κ3) is 3.96. The van der Waals surface area contributed by atoms with Crippen molar-refractivity contribution in [2.75, 3.05) is 40.3 Å². The molecule has 0 radical (unpaired) electrons. The maximum Gasteiger partial charge on any atom is 0.236 e. The molecular formula is C13H25N3O. The van der Waals surface area contributed by atoms with E-state index in [0.717, 1.165) is 25.6 Å². The van der Waals surface area contributed by atoms with Crippen LogP contribution in [-0.2, 0) is 4.79 Å². The van der Waals surface area contributed by atoms with Crippen molar-refractivity contribution in [1.29, 1.82) is 0 Å². The SMILES string of the molecule is CN(CC(=O)N(C)C1CC1)CC1CCNCC1. The summed E-state index contributed by atoms with van der Waals surface area (Å²) in [6.45, 7) is 3.91. The first kappa shape index (κ1) is 12.8. The highest BCUT2D eigenvalue weighted by Crippen LogP contribution is 2.25. The Morgan fingerprint density at radius 2 is 1.82 bits per heavy atom. The molecule has 0 aromatic rings. The van der Waals surface area contributed by atoms with Crippen molar-refractivity contribution >= 4 is 5.91 Å². The zero-order valence-electron chi connectivity index (χ0n) is 11.1. The van der Waals surface area contributed by atoms with Gasteiger partial charge in [0.25, 0.3) is 0 Å². The number of nitrogens with one attached hydrogen (secondary N) is 1. The van der Waals surface area contributed by atoms with Crippen LogP contribution >= 0.6 is 0 Å². The molecule has 0 bridgehead atoms. The summed E-state index contributed by atoms with van der Waals surface area (Å²) < 4.78 is 0. The molecule has 0 aromatic carbocycles. The quantitative estimate of drug-likeness (QED) is 0.760. The number of likely N-dealkylation sites (N-methyl/N-ethyl adjacent to an activating group) is 2. The van der Waals surface area contributed by atoms with Gasteiger partial charge in [0.15, 0.2) is 0 Å². The molecule has 1 saturated heterocycles. The zero-order valence-corrected chi connectivity index (χ0v) is 11.1. The van der Waals surface area contributed by atoms with Gasteiger partial charge in [-0.05, 0) is 51.7 Å². The van der Waals surface area contributed by atoms with E-state index in [2.05, 4.69) is 17.3 Å². The Labute approximate surface area is 104 Å². The van der Waals surface area contributed by atoms with Gasteiger partial charge < -0.3 is 10.2 Å². The highest BCUT2D eigenvalue weighted by Gasteiger charge is 2.29. The monoisotopic (exact) mass is 239 g/mol. The van der Waals surface area contributed by atoms with Gasteiger partial charge >= 0.3 is 0 Å². The van der Waals surface area contributed by atoms with E-state index < -0.39 is 0 Å². The summed E-state index contributed by atoms with van der Waals surface area (Å²) in [6, 6.07) is 0.537. The zero-order chi connectivity index (χ0) is 12.3. The third-order valence-corrected chi connectivity index (χ3v) is 3.92. The molecule has 1 N–H and O–H groups in total. The van der Waals surface area contributed by atoms with Crippen LogP contribution in [0.25, 0.3) is 0 Å². The fourth-order valence-electron chi connectivity index (χ4n) is 2.58. The average Bonchev–Trinajstić information content (AvgIpc) is 3.13. The minimum absolute atomic E-state index is 0.281. The van der Waals surface area contributed by atoms with Crippen LogP contribution in [0.2, 0.25) is 0 Å². The number of nitrogens with zero attached hydrogens (tertiary/aromatic N) is 2. The van der Waals surface area contributed by atoms with E-state index in [9.17, 15) is 4.79 Å². The van der Waals surface area contributed by atoms with Gasteiger partial charge in [-0.1, -0.05) is 0 Å². The molecule has 1 heterocycles. The number of piperidine rings is 1. The molecule has 1 amide bonds. The molecule has 2 aliphatic rings. The van der Waals surface area contributed by atoms with Crippen LogP contribution < -0.4 is 5.32 Å². The molecular weight excluding hydrogens is 214 g/mol.